The molecule has 0 heterocycles. The Kier molecular flexibility index (Phi) is 6.63. The van der Waals surface area contributed by atoms with Gasteiger partial charge in [-0.2, -0.15) is 0 Å². The number of esters is 1. The fraction of sp³-hybridized carbons (Fsp3) is 0.263. The Morgan fingerprint density at radius 2 is 1.79 bits per heavy atom. The molecule has 0 aromatic heterocycles. The van der Waals surface area contributed by atoms with Crippen LogP contribution in [0.1, 0.15) is 29.8 Å². The molecular weight excluding hydrogens is 384 g/mol. The molecule has 0 saturated heterocycles. The van der Waals surface area contributed by atoms with Gasteiger partial charge in [0.25, 0.3) is 15.9 Å². The zero-order chi connectivity index (χ0) is 20.9. The summed E-state index contributed by atoms with van der Waals surface area (Å²) < 4.78 is 38.0. The summed E-state index contributed by atoms with van der Waals surface area (Å²) >= 11 is 0. The third-order valence-corrected chi connectivity index (χ3v) is 5.22. The number of hydrogen-bond acceptors (Lipinski definition) is 6. The van der Waals surface area contributed by atoms with Gasteiger partial charge < -0.3 is 15.2 Å². The van der Waals surface area contributed by atoms with Gasteiger partial charge in [-0.3, -0.25) is 9.52 Å². The standard InChI is InChI=1S/C19H22N2O6S/c1-4-26-15-8-6-14(7-9-15)21-28(24,25)16-10-5-12(2)17(11-16)19(23)27-13(3)18(20)22/h5-11,13,21H,4H2,1-3H3,(H2,20,22)/t13-/m0/s1. The molecule has 0 aliphatic rings. The number of aryl methyl sites for hydroxylation is 1. The lowest BCUT2D eigenvalue weighted by Crippen LogP contribution is -2.30. The van der Waals surface area contributed by atoms with E-state index in [0.717, 1.165) is 0 Å². The molecule has 0 aliphatic heterocycles. The molecule has 1 amide bonds. The van der Waals surface area contributed by atoms with Crippen molar-refractivity contribution >= 4 is 27.6 Å². The molecular formula is C19H22N2O6S. The van der Waals surface area contributed by atoms with Gasteiger partial charge in [0.2, 0.25) is 0 Å². The van der Waals surface area contributed by atoms with Gasteiger partial charge in [0, 0.05) is 5.69 Å². The van der Waals surface area contributed by atoms with E-state index in [4.69, 9.17) is 15.2 Å². The quantitative estimate of drug-likeness (QED) is 0.648. The summed E-state index contributed by atoms with van der Waals surface area (Å²) in [5.41, 5.74) is 5.96. The largest absolute Gasteiger partial charge is 0.494 e. The Bertz CT molecular complexity index is 970. The lowest BCUT2D eigenvalue weighted by molar-refractivity contribution is -0.125. The molecule has 28 heavy (non-hydrogen) atoms. The van der Waals surface area contributed by atoms with Crippen LogP contribution >= 0.6 is 0 Å². The van der Waals surface area contributed by atoms with E-state index in [1.165, 1.54) is 25.1 Å². The van der Waals surface area contributed by atoms with Gasteiger partial charge in [0.1, 0.15) is 5.75 Å². The number of benzene rings is 2. The first-order valence-electron chi connectivity index (χ1n) is 8.50. The summed E-state index contributed by atoms with van der Waals surface area (Å²) in [7, 11) is -3.95. The van der Waals surface area contributed by atoms with Crippen LogP contribution in [0.25, 0.3) is 0 Å². The molecule has 0 bridgehead atoms. The number of nitrogens with two attached hydrogens (primary N) is 1. The second-order valence-corrected chi connectivity index (χ2v) is 7.67. The molecule has 2 aromatic rings. The van der Waals surface area contributed by atoms with E-state index >= 15 is 0 Å². The number of rotatable bonds is 8. The topological polar surface area (TPSA) is 125 Å². The summed E-state index contributed by atoms with van der Waals surface area (Å²) in [6, 6.07) is 10.5. The number of ether oxygens (including phenoxy) is 2. The van der Waals surface area contributed by atoms with Crippen molar-refractivity contribution in [2.75, 3.05) is 11.3 Å². The Balaban J connectivity index is 2.26. The second-order valence-electron chi connectivity index (χ2n) is 5.99. The van der Waals surface area contributed by atoms with Gasteiger partial charge in [0.15, 0.2) is 6.10 Å². The predicted molar refractivity (Wildman–Crippen MR) is 104 cm³/mol. The van der Waals surface area contributed by atoms with Crippen molar-refractivity contribution in [1.29, 1.82) is 0 Å². The van der Waals surface area contributed by atoms with Gasteiger partial charge in [0.05, 0.1) is 17.1 Å². The van der Waals surface area contributed by atoms with Crippen LogP contribution in [-0.2, 0) is 19.6 Å². The van der Waals surface area contributed by atoms with E-state index < -0.39 is 28.0 Å². The molecule has 150 valence electrons. The fourth-order valence-electron chi connectivity index (χ4n) is 2.27. The molecule has 0 spiro atoms. The van der Waals surface area contributed by atoms with Crippen LogP contribution < -0.4 is 15.2 Å². The van der Waals surface area contributed by atoms with Crippen LogP contribution in [-0.4, -0.2) is 33.0 Å². The van der Waals surface area contributed by atoms with Gasteiger partial charge in [-0.05, 0) is 62.7 Å². The normalized spacial score (nSPS) is 12.1. The molecule has 2 rings (SSSR count). The molecule has 1 atom stereocenters. The fourth-order valence-corrected chi connectivity index (χ4v) is 3.35. The first-order chi connectivity index (χ1) is 13.1. The van der Waals surface area contributed by atoms with E-state index in [1.807, 2.05) is 6.92 Å². The van der Waals surface area contributed by atoms with Crippen molar-refractivity contribution in [3.05, 3.63) is 53.6 Å². The number of carbonyl (C=O) groups is 2. The van der Waals surface area contributed by atoms with Gasteiger partial charge in [-0.1, -0.05) is 6.07 Å². The van der Waals surface area contributed by atoms with Crippen molar-refractivity contribution in [3.8, 4) is 5.75 Å². The van der Waals surface area contributed by atoms with Crippen LogP contribution in [0.5, 0.6) is 5.75 Å². The van der Waals surface area contributed by atoms with Crippen molar-refractivity contribution < 1.29 is 27.5 Å². The second kappa shape index (κ2) is 8.75. The minimum absolute atomic E-state index is 0.0302. The zero-order valence-corrected chi connectivity index (χ0v) is 16.6. The highest BCUT2D eigenvalue weighted by Gasteiger charge is 2.21. The Hall–Kier alpha value is -3.07. The number of primary amides is 1. The van der Waals surface area contributed by atoms with Crippen LogP contribution in [0.3, 0.4) is 0 Å². The third kappa shape index (κ3) is 5.23. The number of anilines is 1. The van der Waals surface area contributed by atoms with Crippen LogP contribution in [0, 0.1) is 6.92 Å². The van der Waals surface area contributed by atoms with E-state index in [2.05, 4.69) is 4.72 Å². The molecule has 0 fully saturated rings. The molecule has 3 N–H and O–H groups in total. The van der Waals surface area contributed by atoms with Gasteiger partial charge >= 0.3 is 5.97 Å². The lowest BCUT2D eigenvalue weighted by atomic mass is 10.1. The van der Waals surface area contributed by atoms with Crippen LogP contribution in [0.15, 0.2) is 47.4 Å². The highest BCUT2D eigenvalue weighted by molar-refractivity contribution is 7.92. The number of sulfonamides is 1. The maximum Gasteiger partial charge on any atom is 0.339 e. The van der Waals surface area contributed by atoms with Crippen molar-refractivity contribution in [2.24, 2.45) is 5.73 Å². The average molecular weight is 406 g/mol. The average Bonchev–Trinajstić information content (AvgIpc) is 2.63. The maximum absolute atomic E-state index is 12.7. The van der Waals surface area contributed by atoms with Crippen molar-refractivity contribution in [2.45, 2.75) is 31.8 Å². The Morgan fingerprint density at radius 3 is 2.36 bits per heavy atom. The number of carbonyl (C=O) groups excluding carboxylic acids is 2. The monoisotopic (exact) mass is 406 g/mol. The van der Waals surface area contributed by atoms with E-state index in [1.54, 1.807) is 31.2 Å². The smallest absolute Gasteiger partial charge is 0.339 e. The van der Waals surface area contributed by atoms with Crippen LogP contribution in [0.2, 0.25) is 0 Å². The highest BCUT2D eigenvalue weighted by atomic mass is 32.2. The number of amides is 1. The van der Waals surface area contributed by atoms with Gasteiger partial charge in [-0.25, -0.2) is 13.2 Å². The Morgan fingerprint density at radius 1 is 1.14 bits per heavy atom. The molecule has 9 heteroatoms. The maximum atomic E-state index is 12.7. The summed E-state index contributed by atoms with van der Waals surface area (Å²) in [6.07, 6.45) is -1.13. The summed E-state index contributed by atoms with van der Waals surface area (Å²) in [5.74, 6) is -1.01. The molecule has 0 unspecified atom stereocenters. The van der Waals surface area contributed by atoms with E-state index in [0.29, 0.717) is 23.6 Å². The summed E-state index contributed by atoms with van der Waals surface area (Å²) in [6.45, 7) is 5.31. The van der Waals surface area contributed by atoms with Gasteiger partial charge in [-0.15, -0.1) is 0 Å². The minimum Gasteiger partial charge on any atom is -0.494 e. The molecule has 0 radical (unpaired) electrons. The van der Waals surface area contributed by atoms with E-state index in [9.17, 15) is 18.0 Å². The van der Waals surface area contributed by atoms with E-state index in [-0.39, 0.29) is 10.5 Å². The molecule has 0 saturated carbocycles. The number of hydrogen-bond donors (Lipinski definition) is 2. The number of nitrogens with one attached hydrogen (secondary N) is 1. The highest BCUT2D eigenvalue weighted by Crippen LogP contribution is 2.22. The van der Waals surface area contributed by atoms with Crippen molar-refractivity contribution in [1.82, 2.24) is 0 Å². The van der Waals surface area contributed by atoms with Crippen LogP contribution in [0.4, 0.5) is 5.69 Å². The first-order valence-corrected chi connectivity index (χ1v) is 9.99. The minimum atomic E-state index is -3.95. The van der Waals surface area contributed by atoms with Crippen molar-refractivity contribution in [3.63, 3.8) is 0 Å². The summed E-state index contributed by atoms with van der Waals surface area (Å²) in [5, 5.41) is 0. The zero-order valence-electron chi connectivity index (χ0n) is 15.8. The predicted octanol–water partition coefficient (Wildman–Crippen LogP) is 2.23. The summed E-state index contributed by atoms with van der Waals surface area (Å²) in [4.78, 5) is 23.2. The Labute approximate surface area is 163 Å². The third-order valence-electron chi connectivity index (χ3n) is 3.84. The first kappa shape index (κ1) is 21.2. The molecule has 8 nitrogen and oxygen atoms in total. The molecule has 0 aliphatic carbocycles. The lowest BCUT2D eigenvalue weighted by Gasteiger charge is -2.13. The SMILES string of the molecule is CCOc1ccc(NS(=O)(=O)c2ccc(C)c(C(=O)O[C@@H](C)C(N)=O)c2)cc1. The molecule has 2 aromatic carbocycles.